The maximum atomic E-state index is 12.5. The van der Waals surface area contributed by atoms with Crippen LogP contribution in [0.4, 0.5) is 4.79 Å². The van der Waals surface area contributed by atoms with Crippen LogP contribution in [0.5, 0.6) is 0 Å². The van der Waals surface area contributed by atoms with Crippen molar-refractivity contribution in [2.24, 2.45) is 17.0 Å². The number of fused-ring (bicyclic) bond motifs is 1. The van der Waals surface area contributed by atoms with Crippen molar-refractivity contribution in [2.75, 3.05) is 32.7 Å². The van der Waals surface area contributed by atoms with Gasteiger partial charge in [0.05, 0.1) is 18.1 Å². The molecule has 3 amide bonds. The summed E-state index contributed by atoms with van der Waals surface area (Å²) in [6.45, 7) is 6.68. The average Bonchev–Trinajstić information content (AvgIpc) is 3.34. The van der Waals surface area contributed by atoms with E-state index in [1.165, 1.54) is 16.7 Å². The number of β-lactam (4-membered cyclic amide) rings is 1. The topological polar surface area (TPSA) is 167 Å². The van der Waals surface area contributed by atoms with E-state index >= 15 is 0 Å². The molecule has 6 atom stereocenters. The number of piperazine rings is 1. The Labute approximate surface area is 201 Å². The summed E-state index contributed by atoms with van der Waals surface area (Å²) in [5.74, 6) is -2.06. The molecule has 0 spiro atoms. The maximum absolute atomic E-state index is 12.5. The Morgan fingerprint density at radius 1 is 1.32 bits per heavy atom. The molecule has 0 radical (unpaired) electrons. The number of carboxylic acid groups (broad SMARTS) is 1. The van der Waals surface area contributed by atoms with Crippen LogP contribution in [0.25, 0.3) is 0 Å². The number of urea groups is 1. The van der Waals surface area contributed by atoms with Crippen LogP contribution in [-0.4, -0.2) is 105 Å². The smallest absolute Gasteiger partial charge is 0.353 e. The Bertz CT molecular complexity index is 904. The predicted octanol–water partition coefficient (Wildman–Crippen LogP) is -0.604. The number of nitrogens with zero attached hydrogens (tertiary/aromatic N) is 3. The van der Waals surface area contributed by atoms with E-state index in [2.05, 4.69) is 21.1 Å². The van der Waals surface area contributed by atoms with Crippen LogP contribution >= 0.6 is 11.8 Å². The predicted molar refractivity (Wildman–Crippen MR) is 124 cm³/mol. The molecule has 0 aromatic carbocycles. The van der Waals surface area contributed by atoms with Crippen LogP contribution in [0.2, 0.25) is 0 Å². The van der Waals surface area contributed by atoms with E-state index in [4.69, 9.17) is 0 Å². The third kappa shape index (κ3) is 4.61. The molecule has 0 saturated carbocycles. The molecule has 3 saturated heterocycles. The standard InChI is InChI=1S/C21H32N6O6S/c1-10-16-15(11(2)28)19(29)27(16)17(20(30)31)18(10)34-13-7-12(23-9-13)8-14(25-33)24-21(32)26-5-3-22-4-6-26/h10-13,15-16,22-23,28,33H,3-9H2,1-2H3,(H,30,31)(H,24,25,32)/t10-,11-,12?,13-,15?,16?/m1/s1. The lowest BCUT2D eigenvalue weighted by molar-refractivity contribution is -0.163. The molecule has 34 heavy (non-hydrogen) atoms. The molecule has 0 aromatic rings. The van der Waals surface area contributed by atoms with E-state index in [-0.39, 0.29) is 46.7 Å². The fourth-order valence-corrected chi connectivity index (χ4v) is 6.82. The number of hydrogen-bond acceptors (Lipinski definition) is 9. The molecule has 13 heteroatoms. The molecular weight excluding hydrogens is 464 g/mol. The van der Waals surface area contributed by atoms with Crippen LogP contribution in [-0.2, 0) is 9.59 Å². The van der Waals surface area contributed by atoms with Gasteiger partial charge in [-0.25, -0.2) is 9.59 Å². The van der Waals surface area contributed by atoms with Gasteiger partial charge in [-0.1, -0.05) is 12.1 Å². The van der Waals surface area contributed by atoms with Crippen molar-refractivity contribution in [1.82, 2.24) is 25.8 Å². The third-order valence-corrected chi connectivity index (χ3v) is 8.51. The molecule has 4 aliphatic heterocycles. The normalized spacial score (nSPS) is 32.5. The van der Waals surface area contributed by atoms with Gasteiger partial charge in [0.25, 0.3) is 0 Å². The van der Waals surface area contributed by atoms with E-state index in [0.717, 1.165) is 13.1 Å². The van der Waals surface area contributed by atoms with Gasteiger partial charge in [0.15, 0.2) is 5.84 Å². The van der Waals surface area contributed by atoms with E-state index in [0.29, 0.717) is 37.4 Å². The minimum Gasteiger partial charge on any atom is -0.477 e. The molecule has 0 aromatic heterocycles. The summed E-state index contributed by atoms with van der Waals surface area (Å²) < 4.78 is 0. The second-order valence-corrected chi connectivity index (χ2v) is 10.6. The van der Waals surface area contributed by atoms with Gasteiger partial charge in [0.2, 0.25) is 5.91 Å². The fourth-order valence-electron chi connectivity index (χ4n) is 5.31. The van der Waals surface area contributed by atoms with Gasteiger partial charge in [-0.2, -0.15) is 0 Å². The first-order chi connectivity index (χ1) is 16.2. The SMILES string of the molecule is C[C@@H](O)C1C(=O)N2C(C(=O)O)=C(S[C@H]3CNC(C/C(=N\O)NC(=O)N4CCNCC4)C3)[C@H](C)C12. The van der Waals surface area contributed by atoms with E-state index in [1.807, 2.05) is 6.92 Å². The second-order valence-electron chi connectivity index (χ2n) is 9.27. The molecule has 3 fully saturated rings. The number of carbonyl (C=O) groups is 3. The van der Waals surface area contributed by atoms with Crippen molar-refractivity contribution in [2.45, 2.75) is 50.1 Å². The lowest BCUT2D eigenvalue weighted by Crippen LogP contribution is -2.63. The highest BCUT2D eigenvalue weighted by Crippen LogP contribution is 2.51. The number of carboxylic acids is 1. The summed E-state index contributed by atoms with van der Waals surface area (Å²) in [7, 11) is 0. The summed E-state index contributed by atoms with van der Waals surface area (Å²) in [6.07, 6.45) is 0.165. The van der Waals surface area contributed by atoms with Crippen LogP contribution in [0.15, 0.2) is 15.8 Å². The van der Waals surface area contributed by atoms with Gasteiger partial charge in [-0.05, 0) is 13.3 Å². The van der Waals surface area contributed by atoms with Gasteiger partial charge in [-0.3, -0.25) is 10.1 Å². The quantitative estimate of drug-likeness (QED) is 0.0925. The van der Waals surface area contributed by atoms with Gasteiger partial charge in [-0.15, -0.1) is 11.8 Å². The number of carbonyl (C=O) groups excluding carboxylic acids is 2. The number of amides is 3. The van der Waals surface area contributed by atoms with Gasteiger partial charge < -0.3 is 35.9 Å². The van der Waals surface area contributed by atoms with Gasteiger partial charge in [0, 0.05) is 61.3 Å². The van der Waals surface area contributed by atoms with E-state index < -0.39 is 18.0 Å². The summed E-state index contributed by atoms with van der Waals surface area (Å²) in [4.78, 5) is 40.5. The average molecular weight is 497 g/mol. The molecule has 0 bridgehead atoms. The molecule has 188 valence electrons. The van der Waals surface area contributed by atoms with Crippen LogP contribution in [0.1, 0.15) is 26.7 Å². The zero-order chi connectivity index (χ0) is 24.6. The Kier molecular flexibility index (Phi) is 7.36. The molecule has 6 N–H and O–H groups in total. The molecule has 0 aliphatic carbocycles. The second kappa shape index (κ2) is 10.1. The molecule has 12 nitrogen and oxygen atoms in total. The number of oxime groups is 1. The third-order valence-electron chi connectivity index (χ3n) is 7.00. The number of hydrogen-bond donors (Lipinski definition) is 6. The zero-order valence-corrected chi connectivity index (χ0v) is 20.0. The first-order valence-corrected chi connectivity index (χ1v) is 12.5. The zero-order valence-electron chi connectivity index (χ0n) is 19.2. The number of thioether (sulfide) groups is 1. The minimum atomic E-state index is -1.14. The van der Waals surface area contributed by atoms with Crippen molar-refractivity contribution in [3.63, 3.8) is 0 Å². The molecule has 3 unspecified atom stereocenters. The van der Waals surface area contributed by atoms with Crippen LogP contribution < -0.4 is 16.0 Å². The molecule has 4 rings (SSSR count). The maximum Gasteiger partial charge on any atom is 0.353 e. The number of rotatable bonds is 6. The van der Waals surface area contributed by atoms with Crippen molar-refractivity contribution >= 4 is 35.5 Å². The number of aliphatic carboxylic acids is 1. The first-order valence-electron chi connectivity index (χ1n) is 11.6. The fraction of sp³-hybridized carbons (Fsp3) is 0.714. The van der Waals surface area contributed by atoms with Crippen molar-refractivity contribution in [3.05, 3.63) is 10.6 Å². The van der Waals surface area contributed by atoms with Gasteiger partial charge >= 0.3 is 12.0 Å². The van der Waals surface area contributed by atoms with E-state index in [9.17, 15) is 29.8 Å². The van der Waals surface area contributed by atoms with Crippen LogP contribution in [0, 0.1) is 11.8 Å². The van der Waals surface area contributed by atoms with Crippen molar-refractivity contribution < 1.29 is 29.8 Å². The Balaban J connectivity index is 1.36. The summed E-state index contributed by atoms with van der Waals surface area (Å²) in [5.41, 5.74) is 0.0220. The lowest BCUT2D eigenvalue weighted by atomic mass is 9.79. The minimum absolute atomic E-state index is 0.0220. The van der Waals surface area contributed by atoms with Gasteiger partial charge in [0.1, 0.15) is 5.70 Å². The Hall–Kier alpha value is -2.35. The highest BCUT2D eigenvalue weighted by molar-refractivity contribution is 8.03. The lowest BCUT2D eigenvalue weighted by Gasteiger charge is -2.46. The number of aliphatic hydroxyl groups is 1. The Morgan fingerprint density at radius 3 is 2.65 bits per heavy atom. The molecular formula is C21H32N6O6S. The highest BCUT2D eigenvalue weighted by Gasteiger charge is 2.60. The monoisotopic (exact) mass is 496 g/mol. The molecule has 4 heterocycles. The largest absolute Gasteiger partial charge is 0.477 e. The Morgan fingerprint density at radius 2 is 2.03 bits per heavy atom. The van der Waals surface area contributed by atoms with Crippen molar-refractivity contribution in [1.29, 1.82) is 0 Å². The van der Waals surface area contributed by atoms with Crippen LogP contribution in [0.3, 0.4) is 0 Å². The number of amidine groups is 1. The summed E-state index contributed by atoms with van der Waals surface area (Å²) in [5, 5.41) is 41.7. The van der Waals surface area contributed by atoms with Crippen molar-refractivity contribution in [3.8, 4) is 0 Å². The van der Waals surface area contributed by atoms with E-state index in [1.54, 1.807) is 11.8 Å². The summed E-state index contributed by atoms with van der Waals surface area (Å²) in [6, 6.07) is -0.683. The number of aliphatic hydroxyl groups excluding tert-OH is 1. The highest BCUT2D eigenvalue weighted by atomic mass is 32.2. The number of nitrogens with one attached hydrogen (secondary N) is 3. The summed E-state index contributed by atoms with van der Waals surface area (Å²) >= 11 is 1.45. The molecule has 4 aliphatic rings. The first kappa shape index (κ1) is 24.8.